The number of nitrogens with zero attached hydrogens (tertiary/aromatic N) is 2. The zero-order chi connectivity index (χ0) is 17.8. The van der Waals surface area contributed by atoms with Gasteiger partial charge in [-0.05, 0) is 35.6 Å². The number of hydrogen-bond acceptors (Lipinski definition) is 3. The van der Waals surface area contributed by atoms with E-state index in [1.807, 2.05) is 36.9 Å². The normalized spacial score (nSPS) is 14.6. The minimum Gasteiger partial charge on any atom is -0.479 e. The fourth-order valence-electron chi connectivity index (χ4n) is 3.13. The molecule has 4 heteroatoms. The van der Waals surface area contributed by atoms with E-state index < -0.39 is 6.10 Å². The molecule has 1 amide bonds. The van der Waals surface area contributed by atoms with Crippen molar-refractivity contribution in [1.29, 1.82) is 5.26 Å². The van der Waals surface area contributed by atoms with Gasteiger partial charge in [0.25, 0.3) is 5.91 Å². The van der Waals surface area contributed by atoms with Gasteiger partial charge >= 0.3 is 0 Å². The Bertz CT molecular complexity index is 808. The van der Waals surface area contributed by atoms with Crippen LogP contribution in [0.4, 0.5) is 0 Å². The number of carbonyl (C=O) groups is 1. The highest BCUT2D eigenvalue weighted by Gasteiger charge is 2.31. The Hall–Kier alpha value is -2.80. The van der Waals surface area contributed by atoms with Crippen molar-refractivity contribution < 1.29 is 9.53 Å². The summed E-state index contributed by atoms with van der Waals surface area (Å²) in [6.45, 7) is 5.24. The Labute approximate surface area is 148 Å². The lowest BCUT2D eigenvalue weighted by Crippen LogP contribution is -2.46. The number of ether oxygens (including phenoxy) is 1. The topological polar surface area (TPSA) is 53.3 Å². The van der Waals surface area contributed by atoms with Crippen LogP contribution in [0.3, 0.4) is 0 Å². The Morgan fingerprint density at radius 1 is 1.12 bits per heavy atom. The fourth-order valence-corrected chi connectivity index (χ4v) is 3.13. The van der Waals surface area contributed by atoms with Gasteiger partial charge in [0.15, 0.2) is 6.10 Å². The Balaban J connectivity index is 1.79. The van der Waals surface area contributed by atoms with Crippen LogP contribution in [-0.4, -0.2) is 23.5 Å². The first kappa shape index (κ1) is 17.0. The third-order valence-electron chi connectivity index (χ3n) is 4.55. The minimum absolute atomic E-state index is 0.0106. The molecule has 1 unspecified atom stereocenters. The minimum atomic E-state index is -0.597. The van der Waals surface area contributed by atoms with Crippen LogP contribution in [0.1, 0.15) is 30.5 Å². The average molecular weight is 334 g/mol. The molecule has 0 bridgehead atoms. The van der Waals surface area contributed by atoms with Crippen molar-refractivity contribution in [2.45, 2.75) is 32.9 Å². The monoisotopic (exact) mass is 334 g/mol. The van der Waals surface area contributed by atoms with E-state index in [1.165, 1.54) is 11.1 Å². The second-order valence-corrected chi connectivity index (χ2v) is 6.67. The number of para-hydroxylation sites is 1. The van der Waals surface area contributed by atoms with Gasteiger partial charge in [-0.2, -0.15) is 5.26 Å². The number of amides is 1. The van der Waals surface area contributed by atoms with Crippen LogP contribution in [0, 0.1) is 17.2 Å². The molecule has 128 valence electrons. The van der Waals surface area contributed by atoms with E-state index in [9.17, 15) is 10.1 Å². The largest absolute Gasteiger partial charge is 0.479 e. The molecule has 1 aliphatic rings. The molecule has 2 aromatic rings. The highest BCUT2D eigenvalue weighted by atomic mass is 16.5. The van der Waals surface area contributed by atoms with Gasteiger partial charge in [-0.25, -0.2) is 0 Å². The predicted molar refractivity (Wildman–Crippen MR) is 96.0 cm³/mol. The standard InChI is InChI=1S/C21H22N2O2/c1-15(2)20(25-19-10-6-5-8-17(19)13-22)21(24)23-12-11-16-7-3-4-9-18(16)14-23/h3-10,15,20H,11-12,14H2,1-2H3. The molecular weight excluding hydrogens is 312 g/mol. The van der Waals surface area contributed by atoms with Gasteiger partial charge in [0.1, 0.15) is 11.8 Å². The highest BCUT2D eigenvalue weighted by Crippen LogP contribution is 2.24. The number of rotatable bonds is 4. The molecule has 0 N–H and O–H groups in total. The molecule has 1 atom stereocenters. The van der Waals surface area contributed by atoms with Gasteiger partial charge in [0.05, 0.1) is 5.56 Å². The molecule has 4 nitrogen and oxygen atoms in total. The molecule has 0 aliphatic carbocycles. The first-order valence-corrected chi connectivity index (χ1v) is 8.61. The summed E-state index contributed by atoms with van der Waals surface area (Å²) in [6, 6.07) is 17.4. The van der Waals surface area contributed by atoms with Gasteiger partial charge in [0.2, 0.25) is 0 Å². The number of fused-ring (bicyclic) bond motifs is 1. The predicted octanol–water partition coefficient (Wildman–Crippen LogP) is 3.55. The number of hydrogen-bond donors (Lipinski definition) is 0. The molecule has 0 spiro atoms. The molecule has 3 rings (SSSR count). The Morgan fingerprint density at radius 3 is 2.52 bits per heavy atom. The lowest BCUT2D eigenvalue weighted by Gasteiger charge is -2.33. The van der Waals surface area contributed by atoms with Crippen LogP contribution in [0.5, 0.6) is 5.75 Å². The van der Waals surface area contributed by atoms with Crippen molar-refractivity contribution in [1.82, 2.24) is 4.90 Å². The van der Waals surface area contributed by atoms with E-state index in [1.54, 1.807) is 18.2 Å². The summed E-state index contributed by atoms with van der Waals surface area (Å²) in [7, 11) is 0. The van der Waals surface area contributed by atoms with Crippen molar-refractivity contribution in [3.63, 3.8) is 0 Å². The smallest absolute Gasteiger partial charge is 0.264 e. The second kappa shape index (κ2) is 7.40. The van der Waals surface area contributed by atoms with Crippen molar-refractivity contribution in [2.75, 3.05) is 6.54 Å². The maximum atomic E-state index is 13.1. The van der Waals surface area contributed by atoms with Crippen LogP contribution in [-0.2, 0) is 17.8 Å². The average Bonchev–Trinajstić information content (AvgIpc) is 2.65. The lowest BCUT2D eigenvalue weighted by atomic mass is 9.98. The van der Waals surface area contributed by atoms with Crippen molar-refractivity contribution >= 4 is 5.91 Å². The molecule has 25 heavy (non-hydrogen) atoms. The molecule has 1 heterocycles. The second-order valence-electron chi connectivity index (χ2n) is 6.67. The summed E-state index contributed by atoms with van der Waals surface area (Å²) in [4.78, 5) is 14.9. The van der Waals surface area contributed by atoms with E-state index in [0.717, 1.165) is 6.42 Å². The Kier molecular flexibility index (Phi) is 5.04. The molecule has 1 aliphatic heterocycles. The number of benzene rings is 2. The molecule has 0 fully saturated rings. The van der Waals surface area contributed by atoms with Crippen molar-refractivity contribution in [3.8, 4) is 11.8 Å². The highest BCUT2D eigenvalue weighted by molar-refractivity contribution is 5.82. The first-order valence-electron chi connectivity index (χ1n) is 8.61. The van der Waals surface area contributed by atoms with E-state index >= 15 is 0 Å². The maximum Gasteiger partial charge on any atom is 0.264 e. The van der Waals surface area contributed by atoms with E-state index in [2.05, 4.69) is 18.2 Å². The third-order valence-corrected chi connectivity index (χ3v) is 4.55. The summed E-state index contributed by atoms with van der Waals surface area (Å²) in [5, 5.41) is 9.24. The molecule has 0 saturated heterocycles. The Morgan fingerprint density at radius 2 is 1.80 bits per heavy atom. The van der Waals surface area contributed by atoms with E-state index in [4.69, 9.17) is 4.74 Å². The summed E-state index contributed by atoms with van der Waals surface area (Å²) >= 11 is 0. The van der Waals surface area contributed by atoms with Crippen LogP contribution < -0.4 is 4.74 Å². The first-order chi connectivity index (χ1) is 12.1. The molecule has 0 aromatic heterocycles. The van der Waals surface area contributed by atoms with E-state index in [0.29, 0.717) is 24.4 Å². The van der Waals surface area contributed by atoms with Crippen molar-refractivity contribution in [3.05, 3.63) is 65.2 Å². The van der Waals surface area contributed by atoms with Gasteiger partial charge in [-0.3, -0.25) is 4.79 Å². The van der Waals surface area contributed by atoms with Crippen LogP contribution >= 0.6 is 0 Å². The zero-order valence-corrected chi connectivity index (χ0v) is 14.6. The quantitative estimate of drug-likeness (QED) is 0.859. The molecular formula is C21H22N2O2. The van der Waals surface area contributed by atoms with E-state index in [-0.39, 0.29) is 11.8 Å². The van der Waals surface area contributed by atoms with Crippen molar-refractivity contribution in [2.24, 2.45) is 5.92 Å². The van der Waals surface area contributed by atoms with Gasteiger partial charge in [-0.15, -0.1) is 0 Å². The lowest BCUT2D eigenvalue weighted by molar-refractivity contribution is -0.141. The molecule has 2 aromatic carbocycles. The third kappa shape index (κ3) is 3.66. The molecule has 0 radical (unpaired) electrons. The zero-order valence-electron chi connectivity index (χ0n) is 14.6. The fraction of sp³-hybridized carbons (Fsp3) is 0.333. The van der Waals surface area contributed by atoms with Gasteiger partial charge < -0.3 is 9.64 Å². The molecule has 0 saturated carbocycles. The maximum absolute atomic E-state index is 13.1. The van der Waals surface area contributed by atoms with Crippen LogP contribution in [0.15, 0.2) is 48.5 Å². The van der Waals surface area contributed by atoms with Gasteiger partial charge in [-0.1, -0.05) is 50.2 Å². The van der Waals surface area contributed by atoms with Crippen LogP contribution in [0.25, 0.3) is 0 Å². The number of carbonyl (C=O) groups excluding carboxylic acids is 1. The summed E-state index contributed by atoms with van der Waals surface area (Å²) in [5.41, 5.74) is 2.95. The summed E-state index contributed by atoms with van der Waals surface area (Å²) < 4.78 is 5.99. The SMILES string of the molecule is CC(C)C(Oc1ccccc1C#N)C(=O)N1CCc2ccccc2C1. The summed E-state index contributed by atoms with van der Waals surface area (Å²) in [5.74, 6) is 0.461. The summed E-state index contributed by atoms with van der Waals surface area (Å²) in [6.07, 6.45) is 0.265. The number of nitriles is 1. The van der Waals surface area contributed by atoms with Gasteiger partial charge in [0, 0.05) is 13.1 Å². The van der Waals surface area contributed by atoms with Crippen LogP contribution in [0.2, 0.25) is 0 Å².